The van der Waals surface area contributed by atoms with E-state index in [9.17, 15) is 4.79 Å². The molecule has 0 unspecified atom stereocenters. The highest BCUT2D eigenvalue weighted by atomic mass is 16.2. The molecule has 2 fully saturated rings. The normalized spacial score (nSPS) is 22.4. The van der Waals surface area contributed by atoms with Gasteiger partial charge in [-0.3, -0.25) is 9.80 Å². The lowest BCUT2D eigenvalue weighted by atomic mass is 9.97. The highest BCUT2D eigenvalue weighted by Gasteiger charge is 2.22. The Morgan fingerprint density at radius 1 is 0.719 bits per heavy atom. The minimum absolute atomic E-state index is 0.00892. The molecule has 2 saturated heterocycles. The van der Waals surface area contributed by atoms with Crippen LogP contribution in [-0.2, 0) is 13.1 Å². The fourth-order valence-electron chi connectivity index (χ4n) is 5.14. The molecular formula is C27H38N4O. The number of nitrogens with one attached hydrogen (secondary N) is 2. The van der Waals surface area contributed by atoms with Gasteiger partial charge in [-0.1, -0.05) is 60.7 Å². The third-order valence-electron chi connectivity index (χ3n) is 6.81. The van der Waals surface area contributed by atoms with Crippen LogP contribution in [0.1, 0.15) is 36.8 Å². The first kappa shape index (κ1) is 22.8. The lowest BCUT2D eigenvalue weighted by Crippen LogP contribution is -2.46. The number of urea groups is 1. The van der Waals surface area contributed by atoms with Crippen LogP contribution in [0.2, 0.25) is 0 Å². The molecule has 2 aliphatic rings. The smallest absolute Gasteiger partial charge is 0.314 e. The van der Waals surface area contributed by atoms with Crippen LogP contribution >= 0.6 is 0 Å². The SMILES string of the molecule is O=C(NC[C@H]1CCCN(Cc2ccccc2)C1)NC[C@H]1CCCN(Cc2ccccc2)C1. The summed E-state index contributed by atoms with van der Waals surface area (Å²) >= 11 is 0. The first-order valence-corrected chi connectivity index (χ1v) is 12.3. The third kappa shape index (κ3) is 7.35. The number of carbonyl (C=O) groups is 1. The van der Waals surface area contributed by atoms with Crippen molar-refractivity contribution in [2.45, 2.75) is 38.8 Å². The van der Waals surface area contributed by atoms with Gasteiger partial charge in [0.25, 0.3) is 0 Å². The first-order valence-electron chi connectivity index (χ1n) is 12.3. The maximum absolute atomic E-state index is 12.4. The largest absolute Gasteiger partial charge is 0.338 e. The highest BCUT2D eigenvalue weighted by molar-refractivity contribution is 5.73. The number of hydrogen-bond acceptors (Lipinski definition) is 3. The molecule has 5 heteroatoms. The monoisotopic (exact) mass is 434 g/mol. The molecule has 2 aromatic carbocycles. The second-order valence-electron chi connectivity index (χ2n) is 9.55. The molecule has 2 N–H and O–H groups in total. The zero-order valence-electron chi connectivity index (χ0n) is 19.2. The Bertz CT molecular complexity index is 745. The topological polar surface area (TPSA) is 47.6 Å². The van der Waals surface area contributed by atoms with Crippen molar-refractivity contribution >= 4 is 6.03 Å². The molecular weight excluding hydrogens is 396 g/mol. The van der Waals surface area contributed by atoms with Gasteiger partial charge in [-0.15, -0.1) is 0 Å². The summed E-state index contributed by atoms with van der Waals surface area (Å²) in [5, 5.41) is 6.27. The Balaban J connectivity index is 1.13. The molecule has 0 bridgehead atoms. The zero-order chi connectivity index (χ0) is 22.0. The summed E-state index contributed by atoms with van der Waals surface area (Å²) in [6, 6.07) is 21.3. The van der Waals surface area contributed by atoms with Gasteiger partial charge in [0.1, 0.15) is 0 Å². The van der Waals surface area contributed by atoms with Crippen LogP contribution in [0.15, 0.2) is 60.7 Å². The average molecular weight is 435 g/mol. The van der Waals surface area contributed by atoms with Crippen LogP contribution in [0, 0.1) is 11.8 Å². The minimum Gasteiger partial charge on any atom is -0.338 e. The highest BCUT2D eigenvalue weighted by Crippen LogP contribution is 2.19. The summed E-state index contributed by atoms with van der Waals surface area (Å²) in [4.78, 5) is 17.5. The maximum Gasteiger partial charge on any atom is 0.314 e. The van der Waals surface area contributed by atoms with Gasteiger partial charge >= 0.3 is 6.03 Å². The molecule has 2 amide bonds. The van der Waals surface area contributed by atoms with Gasteiger partial charge in [-0.2, -0.15) is 0 Å². The molecule has 2 heterocycles. The molecule has 32 heavy (non-hydrogen) atoms. The van der Waals surface area contributed by atoms with E-state index in [0.717, 1.165) is 52.4 Å². The van der Waals surface area contributed by atoms with E-state index in [1.165, 1.54) is 36.8 Å². The van der Waals surface area contributed by atoms with Crippen molar-refractivity contribution in [2.75, 3.05) is 39.3 Å². The van der Waals surface area contributed by atoms with E-state index in [4.69, 9.17) is 0 Å². The number of carbonyl (C=O) groups excluding carboxylic acids is 1. The van der Waals surface area contributed by atoms with Crippen LogP contribution in [0.4, 0.5) is 4.79 Å². The fraction of sp³-hybridized carbons (Fsp3) is 0.519. The molecule has 2 aliphatic heterocycles. The lowest BCUT2D eigenvalue weighted by molar-refractivity contribution is 0.160. The van der Waals surface area contributed by atoms with Crippen LogP contribution in [0.3, 0.4) is 0 Å². The van der Waals surface area contributed by atoms with Crippen molar-refractivity contribution in [3.8, 4) is 0 Å². The molecule has 2 aromatic rings. The van der Waals surface area contributed by atoms with Crippen molar-refractivity contribution < 1.29 is 4.79 Å². The first-order chi connectivity index (χ1) is 15.7. The van der Waals surface area contributed by atoms with E-state index in [0.29, 0.717) is 11.8 Å². The van der Waals surface area contributed by atoms with E-state index in [-0.39, 0.29) is 6.03 Å². The predicted octanol–water partition coefficient (Wildman–Crippen LogP) is 4.11. The van der Waals surface area contributed by atoms with Gasteiger partial charge in [-0.25, -0.2) is 4.79 Å². The van der Waals surface area contributed by atoms with E-state index in [2.05, 4.69) is 81.1 Å². The second-order valence-corrected chi connectivity index (χ2v) is 9.55. The summed E-state index contributed by atoms with van der Waals surface area (Å²) in [6.07, 6.45) is 4.81. The summed E-state index contributed by atoms with van der Waals surface area (Å²) in [7, 11) is 0. The Kier molecular flexibility index (Phi) is 8.57. The van der Waals surface area contributed by atoms with E-state index in [1.54, 1.807) is 0 Å². The number of amides is 2. The van der Waals surface area contributed by atoms with Crippen molar-refractivity contribution in [2.24, 2.45) is 11.8 Å². The lowest BCUT2D eigenvalue weighted by Gasteiger charge is -2.33. The number of benzene rings is 2. The molecule has 4 rings (SSSR count). The average Bonchev–Trinajstić information content (AvgIpc) is 2.83. The zero-order valence-corrected chi connectivity index (χ0v) is 19.2. The summed E-state index contributed by atoms with van der Waals surface area (Å²) in [5.74, 6) is 1.07. The van der Waals surface area contributed by atoms with Crippen LogP contribution in [0.5, 0.6) is 0 Å². The quantitative estimate of drug-likeness (QED) is 0.657. The fourth-order valence-corrected chi connectivity index (χ4v) is 5.14. The van der Waals surface area contributed by atoms with Gasteiger partial charge < -0.3 is 10.6 Å². The summed E-state index contributed by atoms with van der Waals surface area (Å²) < 4.78 is 0. The Morgan fingerprint density at radius 3 is 1.59 bits per heavy atom. The van der Waals surface area contributed by atoms with Gasteiger partial charge in [0.2, 0.25) is 0 Å². The predicted molar refractivity (Wildman–Crippen MR) is 130 cm³/mol. The van der Waals surface area contributed by atoms with E-state index < -0.39 is 0 Å². The van der Waals surface area contributed by atoms with Crippen LogP contribution in [0.25, 0.3) is 0 Å². The van der Waals surface area contributed by atoms with Crippen molar-refractivity contribution in [3.63, 3.8) is 0 Å². The number of likely N-dealkylation sites (tertiary alicyclic amines) is 2. The molecule has 0 spiro atoms. The second kappa shape index (κ2) is 12.0. The standard InChI is InChI=1S/C27H38N4O/c32-27(28-17-25-13-7-15-30(21-25)19-23-9-3-1-4-10-23)29-18-26-14-8-16-31(22-26)20-24-11-5-2-6-12-24/h1-6,9-12,25-26H,7-8,13-22H2,(H2,28,29,32)/t25-,26-/m1/s1. The molecule has 0 aromatic heterocycles. The van der Waals surface area contributed by atoms with Crippen molar-refractivity contribution in [3.05, 3.63) is 71.8 Å². The summed E-state index contributed by atoms with van der Waals surface area (Å²) in [5.41, 5.74) is 2.74. The van der Waals surface area contributed by atoms with E-state index in [1.807, 2.05) is 0 Å². The van der Waals surface area contributed by atoms with Gasteiger partial charge in [-0.05, 0) is 61.7 Å². The van der Waals surface area contributed by atoms with Crippen molar-refractivity contribution in [1.82, 2.24) is 20.4 Å². The summed E-state index contributed by atoms with van der Waals surface area (Å²) in [6.45, 7) is 7.97. The van der Waals surface area contributed by atoms with Crippen LogP contribution in [-0.4, -0.2) is 55.1 Å². The van der Waals surface area contributed by atoms with Gasteiger partial charge in [0.15, 0.2) is 0 Å². The molecule has 2 atom stereocenters. The molecule has 0 saturated carbocycles. The Hall–Kier alpha value is -2.37. The number of piperidine rings is 2. The molecule has 0 radical (unpaired) electrons. The molecule has 5 nitrogen and oxygen atoms in total. The maximum atomic E-state index is 12.4. The number of hydrogen-bond donors (Lipinski definition) is 2. The minimum atomic E-state index is -0.00892. The Labute approximate surface area is 193 Å². The van der Waals surface area contributed by atoms with Gasteiger partial charge in [0, 0.05) is 39.3 Å². The number of nitrogens with zero attached hydrogens (tertiary/aromatic N) is 2. The van der Waals surface area contributed by atoms with Crippen molar-refractivity contribution in [1.29, 1.82) is 0 Å². The number of rotatable bonds is 8. The third-order valence-corrected chi connectivity index (χ3v) is 6.81. The molecule has 0 aliphatic carbocycles. The van der Waals surface area contributed by atoms with E-state index >= 15 is 0 Å². The molecule has 172 valence electrons. The van der Waals surface area contributed by atoms with Crippen LogP contribution < -0.4 is 10.6 Å². The Morgan fingerprint density at radius 2 is 1.16 bits per heavy atom. The van der Waals surface area contributed by atoms with Gasteiger partial charge in [0.05, 0.1) is 0 Å².